The Hall–Kier alpha value is -1.24. The molecule has 0 bridgehead atoms. The van der Waals surface area contributed by atoms with E-state index in [2.05, 4.69) is 31.9 Å². The minimum atomic E-state index is -0.366. The van der Waals surface area contributed by atoms with Gasteiger partial charge in [-0.15, -0.1) is 0 Å². The van der Waals surface area contributed by atoms with Crippen molar-refractivity contribution in [2.24, 2.45) is 0 Å². The third-order valence-corrected chi connectivity index (χ3v) is 5.66. The minimum Gasteiger partial charge on any atom is -0.455 e. The van der Waals surface area contributed by atoms with Crippen molar-refractivity contribution < 1.29 is 14.3 Å². The number of nitrogens with zero attached hydrogens (tertiary/aromatic N) is 1. The van der Waals surface area contributed by atoms with Crippen molar-refractivity contribution in [3.05, 3.63) is 49.9 Å². The van der Waals surface area contributed by atoms with Gasteiger partial charge in [-0.2, -0.15) is 0 Å². The lowest BCUT2D eigenvalue weighted by molar-refractivity contribution is 0.175. The Bertz CT molecular complexity index is 828. The zero-order chi connectivity index (χ0) is 18.1. The first-order valence-corrected chi connectivity index (χ1v) is 9.70. The van der Waals surface area contributed by atoms with Gasteiger partial charge in [-0.05, 0) is 82.0 Å². The number of amides is 1. The monoisotopic (exact) mass is 487 g/mol. The zero-order valence-electron chi connectivity index (χ0n) is 13.7. The molecule has 0 radical (unpaired) electrons. The maximum absolute atomic E-state index is 12.2. The van der Waals surface area contributed by atoms with E-state index in [1.54, 1.807) is 17.0 Å². The van der Waals surface area contributed by atoms with Crippen LogP contribution in [0.5, 0.6) is 11.5 Å². The number of methoxy groups -OCH3 is 1. The Labute approximate surface area is 168 Å². The fourth-order valence-electron chi connectivity index (χ4n) is 2.93. The smallest absolute Gasteiger partial charge is 0.414 e. The number of benzene rings is 2. The minimum absolute atomic E-state index is 0.0660. The molecular weight excluding hydrogens is 473 g/mol. The second-order valence-electron chi connectivity index (χ2n) is 5.78. The quantitative estimate of drug-likeness (QED) is 0.479. The number of carbonyl (C=O) groups excluding carboxylic acids is 1. The molecule has 0 aliphatic carbocycles. The normalized spacial score (nSPS) is 16.4. The Kier molecular flexibility index (Phi) is 5.61. The Balaban J connectivity index is 2.06. The van der Waals surface area contributed by atoms with Gasteiger partial charge in [0, 0.05) is 16.6 Å². The lowest BCUT2D eigenvalue weighted by Gasteiger charge is -2.35. The number of hydrogen-bond donors (Lipinski definition) is 0. The molecule has 132 valence electrons. The van der Waals surface area contributed by atoms with Crippen LogP contribution in [0.4, 0.5) is 10.5 Å². The average molecular weight is 490 g/mol. The molecule has 1 amide bonds. The second kappa shape index (κ2) is 7.56. The van der Waals surface area contributed by atoms with Crippen molar-refractivity contribution in [2.45, 2.75) is 25.8 Å². The largest absolute Gasteiger partial charge is 0.455 e. The van der Waals surface area contributed by atoms with Crippen molar-refractivity contribution >= 4 is 55.2 Å². The third kappa shape index (κ3) is 3.66. The van der Waals surface area contributed by atoms with E-state index >= 15 is 0 Å². The SMILES string of the molecule is COC(=O)N1c2ccc(Br)c(Oc3ccc(Cl)cc3Br)c2CC[C@@H]1C. The van der Waals surface area contributed by atoms with Gasteiger partial charge in [0.1, 0.15) is 11.5 Å². The van der Waals surface area contributed by atoms with E-state index in [0.717, 1.165) is 33.0 Å². The molecule has 0 unspecified atom stereocenters. The maximum Gasteiger partial charge on any atom is 0.414 e. The lowest BCUT2D eigenvalue weighted by atomic mass is 9.96. The topological polar surface area (TPSA) is 38.8 Å². The summed E-state index contributed by atoms with van der Waals surface area (Å²) in [5.41, 5.74) is 1.79. The van der Waals surface area contributed by atoms with Crippen LogP contribution < -0.4 is 9.64 Å². The van der Waals surface area contributed by atoms with E-state index in [1.807, 2.05) is 25.1 Å². The number of rotatable bonds is 2. The third-order valence-electron chi connectivity index (χ3n) is 4.18. The van der Waals surface area contributed by atoms with Gasteiger partial charge in [0.2, 0.25) is 0 Å². The predicted molar refractivity (Wildman–Crippen MR) is 106 cm³/mol. The van der Waals surface area contributed by atoms with Gasteiger partial charge >= 0.3 is 6.09 Å². The maximum atomic E-state index is 12.2. The molecule has 1 aliphatic rings. The molecule has 7 heteroatoms. The molecule has 2 aromatic rings. The van der Waals surface area contributed by atoms with Gasteiger partial charge in [-0.25, -0.2) is 4.79 Å². The number of hydrogen-bond acceptors (Lipinski definition) is 3. The van der Waals surface area contributed by atoms with Crippen LogP contribution in [-0.4, -0.2) is 19.2 Å². The van der Waals surface area contributed by atoms with Crippen molar-refractivity contribution in [2.75, 3.05) is 12.0 Å². The van der Waals surface area contributed by atoms with Gasteiger partial charge in [-0.3, -0.25) is 4.90 Å². The van der Waals surface area contributed by atoms with E-state index in [0.29, 0.717) is 16.5 Å². The summed E-state index contributed by atoms with van der Waals surface area (Å²) in [5, 5.41) is 0.624. The van der Waals surface area contributed by atoms with Crippen LogP contribution in [0, 0.1) is 0 Å². The first-order chi connectivity index (χ1) is 11.9. The van der Waals surface area contributed by atoms with Gasteiger partial charge in [-0.1, -0.05) is 11.6 Å². The highest BCUT2D eigenvalue weighted by Gasteiger charge is 2.31. The van der Waals surface area contributed by atoms with Crippen LogP contribution in [-0.2, 0) is 11.2 Å². The van der Waals surface area contributed by atoms with Gasteiger partial charge in [0.25, 0.3) is 0 Å². The van der Waals surface area contributed by atoms with E-state index in [4.69, 9.17) is 21.1 Å². The second-order valence-corrected chi connectivity index (χ2v) is 7.92. The molecule has 1 aliphatic heterocycles. The summed E-state index contributed by atoms with van der Waals surface area (Å²) in [4.78, 5) is 13.9. The van der Waals surface area contributed by atoms with E-state index in [-0.39, 0.29) is 12.1 Å². The summed E-state index contributed by atoms with van der Waals surface area (Å²) < 4.78 is 12.7. The van der Waals surface area contributed by atoms with E-state index in [9.17, 15) is 4.79 Å². The Morgan fingerprint density at radius 3 is 2.68 bits per heavy atom. The average Bonchev–Trinajstić information content (AvgIpc) is 2.58. The van der Waals surface area contributed by atoms with Crippen molar-refractivity contribution in [3.8, 4) is 11.5 Å². The molecule has 0 saturated heterocycles. The summed E-state index contributed by atoms with van der Waals surface area (Å²) in [6.45, 7) is 2.01. The lowest BCUT2D eigenvalue weighted by Crippen LogP contribution is -2.42. The fraction of sp³-hybridized carbons (Fsp3) is 0.278. The zero-order valence-corrected chi connectivity index (χ0v) is 17.6. The Morgan fingerprint density at radius 2 is 2.00 bits per heavy atom. The van der Waals surface area contributed by atoms with Gasteiger partial charge in [0.05, 0.1) is 21.7 Å². The van der Waals surface area contributed by atoms with Crippen LogP contribution in [0.25, 0.3) is 0 Å². The molecule has 25 heavy (non-hydrogen) atoms. The highest BCUT2D eigenvalue weighted by atomic mass is 79.9. The summed E-state index contributed by atoms with van der Waals surface area (Å²) in [7, 11) is 1.39. The molecule has 0 fully saturated rings. The molecule has 0 spiro atoms. The van der Waals surface area contributed by atoms with Crippen LogP contribution in [0.1, 0.15) is 18.9 Å². The number of ether oxygens (including phenoxy) is 2. The summed E-state index contributed by atoms with van der Waals surface area (Å²) in [5.74, 6) is 1.35. The Morgan fingerprint density at radius 1 is 1.24 bits per heavy atom. The summed E-state index contributed by atoms with van der Waals surface area (Å²) in [6, 6.07) is 9.22. The van der Waals surface area contributed by atoms with Gasteiger partial charge in [0.15, 0.2) is 0 Å². The summed E-state index contributed by atoms with van der Waals surface area (Å²) in [6.07, 6.45) is 1.27. The number of anilines is 1. The van der Waals surface area contributed by atoms with Crippen LogP contribution in [0.2, 0.25) is 5.02 Å². The highest BCUT2D eigenvalue weighted by molar-refractivity contribution is 9.11. The standard InChI is InChI=1S/C18H16Br2ClNO3/c1-10-3-5-12-15(22(10)18(23)24-2)7-6-13(19)17(12)25-16-8-4-11(21)9-14(16)20/h4,6-10H,3,5H2,1-2H3/t10-/m0/s1. The van der Waals surface area contributed by atoms with E-state index < -0.39 is 0 Å². The van der Waals surface area contributed by atoms with Gasteiger partial charge < -0.3 is 9.47 Å². The van der Waals surface area contributed by atoms with E-state index in [1.165, 1.54) is 7.11 Å². The molecule has 0 aromatic heterocycles. The fourth-order valence-corrected chi connectivity index (χ4v) is 4.15. The molecular formula is C18H16Br2ClNO3. The number of halogens is 3. The van der Waals surface area contributed by atoms with Crippen molar-refractivity contribution in [1.29, 1.82) is 0 Å². The predicted octanol–water partition coefficient (Wildman–Crippen LogP) is 6.56. The summed E-state index contributed by atoms with van der Waals surface area (Å²) >= 11 is 13.0. The van der Waals surface area contributed by atoms with Crippen LogP contribution in [0.15, 0.2) is 39.3 Å². The molecule has 2 aromatic carbocycles. The first kappa shape index (κ1) is 18.5. The molecule has 4 nitrogen and oxygen atoms in total. The first-order valence-electron chi connectivity index (χ1n) is 7.73. The molecule has 3 rings (SSSR count). The van der Waals surface area contributed by atoms with Crippen molar-refractivity contribution in [3.63, 3.8) is 0 Å². The molecule has 0 N–H and O–H groups in total. The number of fused-ring (bicyclic) bond motifs is 1. The molecule has 1 atom stereocenters. The number of carbonyl (C=O) groups is 1. The highest BCUT2D eigenvalue weighted by Crippen LogP contribution is 2.44. The van der Waals surface area contributed by atoms with Crippen LogP contribution >= 0.6 is 43.5 Å². The molecule has 1 heterocycles. The van der Waals surface area contributed by atoms with Crippen molar-refractivity contribution in [1.82, 2.24) is 0 Å². The van der Waals surface area contributed by atoms with Crippen LogP contribution in [0.3, 0.4) is 0 Å². The molecule has 0 saturated carbocycles.